The number of ether oxygens (including phenoxy) is 1. The molecule has 0 aliphatic heterocycles. The van der Waals surface area contributed by atoms with Crippen LogP contribution in [-0.4, -0.2) is 19.0 Å². The Bertz CT molecular complexity index is 1180. The van der Waals surface area contributed by atoms with Crippen molar-refractivity contribution in [1.29, 1.82) is 0 Å². The summed E-state index contributed by atoms with van der Waals surface area (Å²) in [4.78, 5) is 24.8. The first-order valence-corrected chi connectivity index (χ1v) is 9.98. The Kier molecular flexibility index (Phi) is 7.22. The van der Waals surface area contributed by atoms with E-state index in [1.54, 1.807) is 12.1 Å². The second kappa shape index (κ2) is 9.88. The zero-order valence-corrected chi connectivity index (χ0v) is 18.6. The molecule has 0 atom stereocenters. The zero-order chi connectivity index (χ0) is 23.4. The topological polar surface area (TPSA) is 70.7 Å². The predicted octanol–water partition coefficient (Wildman–Crippen LogP) is 6.07. The molecule has 2 N–H and O–H groups in total. The van der Waals surface area contributed by atoms with E-state index in [1.165, 1.54) is 31.4 Å². The van der Waals surface area contributed by atoms with E-state index in [0.717, 1.165) is 28.1 Å². The van der Waals surface area contributed by atoms with E-state index in [0.29, 0.717) is 27.8 Å². The van der Waals surface area contributed by atoms with Crippen LogP contribution < -0.4 is 19.7 Å². The van der Waals surface area contributed by atoms with Gasteiger partial charge < -0.3 is 15.4 Å². The SMILES string of the molecule is COc1cc(C)c(Cl)cc1NC(=O)N(S)c1ccc(NC(=O)c2cc(F)ccc2F)cc1. The van der Waals surface area contributed by atoms with E-state index >= 15 is 0 Å². The average molecular weight is 478 g/mol. The molecule has 0 heterocycles. The molecule has 0 bridgehead atoms. The van der Waals surface area contributed by atoms with E-state index in [2.05, 4.69) is 23.4 Å². The highest BCUT2D eigenvalue weighted by atomic mass is 35.5. The number of aryl methyl sites for hydroxylation is 1. The Morgan fingerprint density at radius 3 is 2.38 bits per heavy atom. The van der Waals surface area contributed by atoms with Crippen molar-refractivity contribution >= 4 is 53.4 Å². The maximum atomic E-state index is 13.8. The number of hydrogen-bond acceptors (Lipinski definition) is 4. The van der Waals surface area contributed by atoms with Gasteiger partial charge in [-0.05, 0) is 67.1 Å². The first kappa shape index (κ1) is 23.4. The van der Waals surface area contributed by atoms with Gasteiger partial charge in [-0.1, -0.05) is 24.4 Å². The lowest BCUT2D eigenvalue weighted by molar-refractivity contribution is 0.102. The lowest BCUT2D eigenvalue weighted by atomic mass is 10.2. The number of anilines is 3. The maximum Gasteiger partial charge on any atom is 0.336 e. The van der Waals surface area contributed by atoms with Crippen LogP contribution in [0.5, 0.6) is 5.75 Å². The Labute approximate surface area is 193 Å². The minimum Gasteiger partial charge on any atom is -0.495 e. The van der Waals surface area contributed by atoms with Crippen molar-refractivity contribution < 1.29 is 23.1 Å². The van der Waals surface area contributed by atoms with Gasteiger partial charge in [0.05, 0.1) is 24.0 Å². The molecule has 32 heavy (non-hydrogen) atoms. The molecule has 3 rings (SSSR count). The van der Waals surface area contributed by atoms with Crippen LogP contribution in [0.1, 0.15) is 15.9 Å². The third-order valence-corrected chi connectivity index (χ3v) is 5.28. The summed E-state index contributed by atoms with van der Waals surface area (Å²) in [5.41, 5.74) is 1.44. The molecule has 3 amide bonds. The summed E-state index contributed by atoms with van der Waals surface area (Å²) in [6.07, 6.45) is 0. The van der Waals surface area contributed by atoms with Crippen molar-refractivity contribution in [3.05, 3.63) is 82.4 Å². The lowest BCUT2D eigenvalue weighted by Crippen LogP contribution is -2.27. The van der Waals surface area contributed by atoms with Gasteiger partial charge in [0, 0.05) is 10.7 Å². The summed E-state index contributed by atoms with van der Waals surface area (Å²) >= 11 is 10.3. The highest BCUT2D eigenvalue weighted by Gasteiger charge is 2.17. The number of carbonyl (C=O) groups excluding carboxylic acids is 2. The first-order valence-electron chi connectivity index (χ1n) is 9.20. The molecule has 0 saturated heterocycles. The number of methoxy groups -OCH3 is 1. The van der Waals surface area contributed by atoms with E-state index in [4.69, 9.17) is 16.3 Å². The van der Waals surface area contributed by atoms with Gasteiger partial charge in [0.15, 0.2) is 0 Å². The van der Waals surface area contributed by atoms with Crippen molar-refractivity contribution in [2.24, 2.45) is 0 Å². The van der Waals surface area contributed by atoms with Crippen LogP contribution >= 0.6 is 24.4 Å². The Balaban J connectivity index is 1.70. The number of hydrogen-bond donors (Lipinski definition) is 3. The number of thiol groups is 1. The Hall–Kier alpha value is -3.30. The number of halogens is 3. The minimum atomic E-state index is -0.842. The van der Waals surface area contributed by atoms with Crippen LogP contribution in [0.4, 0.5) is 30.6 Å². The van der Waals surface area contributed by atoms with Gasteiger partial charge in [0.25, 0.3) is 5.91 Å². The molecule has 166 valence electrons. The molecule has 0 spiro atoms. The number of rotatable bonds is 5. The number of nitrogens with one attached hydrogen (secondary N) is 2. The van der Waals surface area contributed by atoms with E-state index in [9.17, 15) is 18.4 Å². The fourth-order valence-corrected chi connectivity index (χ4v) is 3.11. The number of urea groups is 1. The first-order chi connectivity index (χ1) is 15.2. The van der Waals surface area contributed by atoms with Gasteiger partial charge in [0.2, 0.25) is 0 Å². The van der Waals surface area contributed by atoms with Crippen LogP contribution in [0, 0.1) is 18.6 Å². The second-order valence-electron chi connectivity index (χ2n) is 6.67. The number of benzene rings is 3. The fraction of sp³-hybridized carbons (Fsp3) is 0.0909. The van der Waals surface area contributed by atoms with Gasteiger partial charge in [-0.3, -0.25) is 4.79 Å². The van der Waals surface area contributed by atoms with Crippen LogP contribution in [-0.2, 0) is 0 Å². The molecule has 0 aliphatic carbocycles. The standard InChI is InChI=1S/C22H18ClF2N3O3S/c1-12-9-20(31-2)19(11-17(12)23)27-22(30)28(32)15-6-4-14(5-7-15)26-21(29)16-10-13(24)3-8-18(16)25/h3-11,32H,1-2H3,(H,26,29)(H,27,30). The zero-order valence-electron chi connectivity index (χ0n) is 16.9. The highest BCUT2D eigenvalue weighted by Crippen LogP contribution is 2.31. The molecule has 0 radical (unpaired) electrons. The summed E-state index contributed by atoms with van der Waals surface area (Å²) in [5, 5.41) is 5.59. The fourth-order valence-electron chi connectivity index (χ4n) is 2.76. The van der Waals surface area contributed by atoms with Gasteiger partial charge >= 0.3 is 6.03 Å². The van der Waals surface area contributed by atoms with Crippen molar-refractivity contribution in [1.82, 2.24) is 0 Å². The summed E-state index contributed by atoms with van der Waals surface area (Å²) in [5.74, 6) is -1.94. The second-order valence-corrected chi connectivity index (χ2v) is 7.48. The quantitative estimate of drug-likeness (QED) is 0.390. The molecular formula is C22H18ClF2N3O3S. The molecule has 0 aliphatic rings. The van der Waals surface area contributed by atoms with Gasteiger partial charge in [-0.25, -0.2) is 17.9 Å². The molecule has 6 nitrogen and oxygen atoms in total. The third kappa shape index (κ3) is 5.30. The van der Waals surface area contributed by atoms with Crippen LogP contribution in [0.15, 0.2) is 54.6 Å². The molecule has 10 heteroatoms. The summed E-state index contributed by atoms with van der Waals surface area (Å²) < 4.78 is 33.4. The summed E-state index contributed by atoms with van der Waals surface area (Å²) in [6, 6.07) is 11.3. The van der Waals surface area contributed by atoms with Gasteiger partial charge in [-0.15, -0.1) is 0 Å². The van der Waals surface area contributed by atoms with Gasteiger partial charge in [-0.2, -0.15) is 0 Å². The normalized spacial score (nSPS) is 10.4. The molecule has 3 aromatic carbocycles. The maximum absolute atomic E-state index is 13.8. The van der Waals surface area contributed by atoms with Crippen molar-refractivity contribution in [2.75, 3.05) is 22.0 Å². The molecule has 0 unspecified atom stereocenters. The Morgan fingerprint density at radius 1 is 1.03 bits per heavy atom. The number of amides is 3. The van der Waals surface area contributed by atoms with Crippen LogP contribution in [0.3, 0.4) is 0 Å². The lowest BCUT2D eigenvalue weighted by Gasteiger charge is -2.19. The average Bonchev–Trinajstić information content (AvgIpc) is 2.77. The molecule has 0 fully saturated rings. The third-order valence-electron chi connectivity index (χ3n) is 4.46. The van der Waals surface area contributed by atoms with Crippen molar-refractivity contribution in [3.8, 4) is 5.75 Å². The number of nitrogens with zero attached hydrogens (tertiary/aromatic N) is 1. The van der Waals surface area contributed by atoms with E-state index in [1.807, 2.05) is 6.92 Å². The molecule has 0 saturated carbocycles. The predicted molar refractivity (Wildman–Crippen MR) is 124 cm³/mol. The highest BCUT2D eigenvalue weighted by molar-refractivity contribution is 7.82. The molecule has 3 aromatic rings. The Morgan fingerprint density at radius 2 is 1.72 bits per heavy atom. The number of carbonyl (C=O) groups is 2. The summed E-state index contributed by atoms with van der Waals surface area (Å²) in [7, 11) is 1.47. The van der Waals surface area contributed by atoms with Crippen molar-refractivity contribution in [2.45, 2.75) is 6.92 Å². The van der Waals surface area contributed by atoms with Crippen LogP contribution in [0.25, 0.3) is 0 Å². The largest absolute Gasteiger partial charge is 0.495 e. The van der Waals surface area contributed by atoms with Crippen molar-refractivity contribution in [3.63, 3.8) is 0 Å². The minimum absolute atomic E-state index is 0.316. The smallest absolute Gasteiger partial charge is 0.336 e. The monoisotopic (exact) mass is 477 g/mol. The van der Waals surface area contributed by atoms with Crippen LogP contribution in [0.2, 0.25) is 5.02 Å². The van der Waals surface area contributed by atoms with E-state index in [-0.39, 0.29) is 0 Å². The molecule has 0 aromatic heterocycles. The van der Waals surface area contributed by atoms with Gasteiger partial charge in [0.1, 0.15) is 17.4 Å². The molecular weight excluding hydrogens is 460 g/mol. The summed E-state index contributed by atoms with van der Waals surface area (Å²) in [6.45, 7) is 1.81. The van der Waals surface area contributed by atoms with E-state index < -0.39 is 29.1 Å².